The minimum Gasteiger partial charge on any atom is -0.490 e. The van der Waals surface area contributed by atoms with Crippen LogP contribution in [0.2, 0.25) is 0 Å². The Hall–Kier alpha value is -3.29. The van der Waals surface area contributed by atoms with Crippen molar-refractivity contribution in [2.24, 2.45) is 0 Å². The van der Waals surface area contributed by atoms with E-state index in [0.29, 0.717) is 37.7 Å². The SMILES string of the molecule is CCOc1ccc(CCNC(=O)c2ccc(N)c([N+](=O)[O-])c2)cc1OCC. The van der Waals surface area contributed by atoms with Crippen LogP contribution in [0.1, 0.15) is 29.8 Å². The Labute approximate surface area is 157 Å². The van der Waals surface area contributed by atoms with E-state index < -0.39 is 10.8 Å². The molecule has 1 amide bonds. The molecule has 0 aliphatic heterocycles. The highest BCUT2D eigenvalue weighted by atomic mass is 16.6. The van der Waals surface area contributed by atoms with E-state index in [2.05, 4.69) is 5.32 Å². The molecule has 0 aromatic heterocycles. The molecular weight excluding hydrogens is 350 g/mol. The molecule has 0 atom stereocenters. The summed E-state index contributed by atoms with van der Waals surface area (Å²) in [5.41, 5.74) is 6.45. The lowest BCUT2D eigenvalue weighted by Gasteiger charge is -2.12. The first-order valence-corrected chi connectivity index (χ1v) is 8.66. The second kappa shape index (κ2) is 9.42. The van der Waals surface area contributed by atoms with E-state index in [9.17, 15) is 14.9 Å². The molecule has 0 saturated carbocycles. The minimum atomic E-state index is -0.610. The number of carbonyl (C=O) groups excluding carboxylic acids is 1. The molecule has 0 bridgehead atoms. The van der Waals surface area contributed by atoms with Crippen LogP contribution < -0.4 is 20.5 Å². The molecule has 0 fully saturated rings. The predicted molar refractivity (Wildman–Crippen MR) is 102 cm³/mol. The molecule has 2 aromatic rings. The molecule has 0 spiro atoms. The summed E-state index contributed by atoms with van der Waals surface area (Å²) in [7, 11) is 0. The molecular formula is C19H23N3O5. The minimum absolute atomic E-state index is 0.0226. The summed E-state index contributed by atoms with van der Waals surface area (Å²) in [6, 6.07) is 9.63. The van der Waals surface area contributed by atoms with Crippen molar-refractivity contribution in [3.63, 3.8) is 0 Å². The van der Waals surface area contributed by atoms with Gasteiger partial charge < -0.3 is 20.5 Å². The maximum absolute atomic E-state index is 12.2. The van der Waals surface area contributed by atoms with Crippen LogP contribution in [0.25, 0.3) is 0 Å². The zero-order valence-electron chi connectivity index (χ0n) is 15.4. The number of hydrogen-bond donors (Lipinski definition) is 2. The maximum Gasteiger partial charge on any atom is 0.292 e. The van der Waals surface area contributed by atoms with Gasteiger partial charge in [-0.2, -0.15) is 0 Å². The molecule has 0 unspecified atom stereocenters. The molecule has 0 aliphatic rings. The zero-order chi connectivity index (χ0) is 19.8. The number of nitrogens with two attached hydrogens (primary N) is 1. The molecule has 27 heavy (non-hydrogen) atoms. The molecule has 2 aromatic carbocycles. The van der Waals surface area contributed by atoms with Gasteiger partial charge in [-0.05, 0) is 50.1 Å². The molecule has 0 saturated heterocycles. The first-order chi connectivity index (χ1) is 13.0. The molecule has 3 N–H and O–H groups in total. The summed E-state index contributed by atoms with van der Waals surface area (Å²) < 4.78 is 11.1. The van der Waals surface area contributed by atoms with Crippen LogP contribution in [0.5, 0.6) is 11.5 Å². The third-order valence-corrected chi connectivity index (χ3v) is 3.80. The first kappa shape index (κ1) is 20.0. The van der Waals surface area contributed by atoms with E-state index in [1.54, 1.807) is 0 Å². The second-order valence-electron chi connectivity index (χ2n) is 5.68. The van der Waals surface area contributed by atoms with Gasteiger partial charge >= 0.3 is 0 Å². The smallest absolute Gasteiger partial charge is 0.292 e. The maximum atomic E-state index is 12.2. The number of nitrogens with zero attached hydrogens (tertiary/aromatic N) is 1. The highest BCUT2D eigenvalue weighted by molar-refractivity contribution is 5.95. The van der Waals surface area contributed by atoms with Gasteiger partial charge in [-0.15, -0.1) is 0 Å². The highest BCUT2D eigenvalue weighted by Crippen LogP contribution is 2.28. The lowest BCUT2D eigenvalue weighted by atomic mass is 10.1. The fourth-order valence-electron chi connectivity index (χ4n) is 2.52. The molecule has 144 valence electrons. The molecule has 0 radical (unpaired) electrons. The number of nitrogens with one attached hydrogen (secondary N) is 1. The van der Waals surface area contributed by atoms with Gasteiger partial charge in [-0.25, -0.2) is 0 Å². The van der Waals surface area contributed by atoms with Crippen LogP contribution in [0.3, 0.4) is 0 Å². The fourth-order valence-corrected chi connectivity index (χ4v) is 2.52. The Morgan fingerprint density at radius 1 is 1.11 bits per heavy atom. The number of hydrogen-bond acceptors (Lipinski definition) is 6. The summed E-state index contributed by atoms with van der Waals surface area (Å²) >= 11 is 0. The van der Waals surface area contributed by atoms with Gasteiger partial charge in [0.15, 0.2) is 11.5 Å². The molecule has 8 nitrogen and oxygen atoms in total. The van der Waals surface area contributed by atoms with Crippen LogP contribution in [0.15, 0.2) is 36.4 Å². The highest BCUT2D eigenvalue weighted by Gasteiger charge is 2.15. The molecule has 2 rings (SSSR count). The van der Waals surface area contributed by atoms with Crippen molar-refractivity contribution in [1.82, 2.24) is 5.32 Å². The lowest BCUT2D eigenvalue weighted by molar-refractivity contribution is -0.383. The van der Waals surface area contributed by atoms with Crippen LogP contribution in [-0.4, -0.2) is 30.6 Å². The van der Waals surface area contributed by atoms with Crippen LogP contribution in [0, 0.1) is 10.1 Å². The average molecular weight is 373 g/mol. The number of rotatable bonds is 9. The number of ether oxygens (including phenoxy) is 2. The third-order valence-electron chi connectivity index (χ3n) is 3.80. The van der Waals surface area contributed by atoms with Crippen LogP contribution in [0.4, 0.5) is 11.4 Å². The van der Waals surface area contributed by atoms with Gasteiger partial charge in [-0.1, -0.05) is 6.07 Å². The van der Waals surface area contributed by atoms with Gasteiger partial charge in [-0.3, -0.25) is 14.9 Å². The van der Waals surface area contributed by atoms with Crippen molar-refractivity contribution in [2.75, 3.05) is 25.5 Å². The van der Waals surface area contributed by atoms with E-state index in [4.69, 9.17) is 15.2 Å². The van der Waals surface area contributed by atoms with Crippen LogP contribution >= 0.6 is 0 Å². The number of amides is 1. The summed E-state index contributed by atoms with van der Waals surface area (Å²) in [5.74, 6) is 0.952. The predicted octanol–water partition coefficient (Wildman–Crippen LogP) is 2.95. The monoisotopic (exact) mass is 373 g/mol. The first-order valence-electron chi connectivity index (χ1n) is 8.66. The summed E-state index contributed by atoms with van der Waals surface area (Å²) in [6.07, 6.45) is 0.579. The normalized spacial score (nSPS) is 10.3. The fraction of sp³-hybridized carbons (Fsp3) is 0.316. The van der Waals surface area contributed by atoms with E-state index in [0.717, 1.165) is 5.56 Å². The lowest BCUT2D eigenvalue weighted by Crippen LogP contribution is -2.25. The summed E-state index contributed by atoms with van der Waals surface area (Å²) in [5, 5.41) is 13.7. The topological polar surface area (TPSA) is 117 Å². The van der Waals surface area contributed by atoms with E-state index in [1.807, 2.05) is 32.0 Å². The van der Waals surface area contributed by atoms with Gasteiger partial charge in [0, 0.05) is 18.2 Å². The molecule has 0 aliphatic carbocycles. The number of nitro benzene ring substituents is 1. The Bertz CT molecular complexity index is 823. The standard InChI is InChI=1S/C19H23N3O5/c1-3-26-17-8-5-13(11-18(17)27-4-2)9-10-21-19(23)14-6-7-15(20)16(12-14)22(24)25/h5-8,11-12H,3-4,9-10,20H2,1-2H3,(H,21,23). The van der Waals surface area contributed by atoms with E-state index in [1.165, 1.54) is 18.2 Å². The average Bonchev–Trinajstić information content (AvgIpc) is 2.64. The van der Waals surface area contributed by atoms with Crippen molar-refractivity contribution in [3.05, 3.63) is 57.6 Å². The van der Waals surface area contributed by atoms with Crippen molar-refractivity contribution in [1.29, 1.82) is 0 Å². The van der Waals surface area contributed by atoms with Gasteiger partial charge in [0.2, 0.25) is 0 Å². The third kappa shape index (κ3) is 5.34. The van der Waals surface area contributed by atoms with E-state index in [-0.39, 0.29) is 16.9 Å². The second-order valence-corrected chi connectivity index (χ2v) is 5.68. The van der Waals surface area contributed by atoms with Crippen molar-refractivity contribution in [2.45, 2.75) is 20.3 Å². The van der Waals surface area contributed by atoms with Crippen molar-refractivity contribution < 1.29 is 19.2 Å². The zero-order valence-corrected chi connectivity index (χ0v) is 15.4. The Morgan fingerprint density at radius 3 is 2.48 bits per heavy atom. The largest absolute Gasteiger partial charge is 0.490 e. The van der Waals surface area contributed by atoms with Crippen molar-refractivity contribution >= 4 is 17.3 Å². The Balaban J connectivity index is 1.99. The van der Waals surface area contributed by atoms with Crippen LogP contribution in [-0.2, 0) is 6.42 Å². The number of anilines is 1. The number of carbonyl (C=O) groups is 1. The Morgan fingerprint density at radius 2 is 1.81 bits per heavy atom. The van der Waals surface area contributed by atoms with Gasteiger partial charge in [0.05, 0.1) is 18.1 Å². The summed E-state index contributed by atoms with van der Waals surface area (Å²) in [6.45, 7) is 5.24. The molecule has 8 heteroatoms. The number of nitro groups is 1. The van der Waals surface area contributed by atoms with E-state index >= 15 is 0 Å². The number of benzene rings is 2. The Kier molecular flexibility index (Phi) is 6.99. The van der Waals surface area contributed by atoms with Crippen molar-refractivity contribution in [3.8, 4) is 11.5 Å². The molecule has 0 heterocycles. The van der Waals surface area contributed by atoms with Gasteiger partial charge in [0.25, 0.3) is 11.6 Å². The number of nitrogen functional groups attached to an aromatic ring is 1. The quantitative estimate of drug-likeness (QED) is 0.396. The van der Waals surface area contributed by atoms with Gasteiger partial charge in [0.1, 0.15) is 5.69 Å². The summed E-state index contributed by atoms with van der Waals surface area (Å²) in [4.78, 5) is 22.5.